The Bertz CT molecular complexity index is 604. The number of carbonyl (C=O) groups excluding carboxylic acids is 4. The maximum atomic E-state index is 12.2. The van der Waals surface area contributed by atoms with Crippen molar-refractivity contribution >= 4 is 41.4 Å². The zero-order chi connectivity index (χ0) is 22.6. The molecule has 4 atom stereocenters. The van der Waals surface area contributed by atoms with Crippen molar-refractivity contribution in [3.63, 3.8) is 0 Å². The van der Waals surface area contributed by atoms with Gasteiger partial charge in [-0.25, -0.2) is 4.79 Å². The smallest absolute Gasteiger partial charge is 0.326 e. The van der Waals surface area contributed by atoms with Crippen molar-refractivity contribution in [2.45, 2.75) is 50.4 Å². The van der Waals surface area contributed by atoms with Crippen LogP contribution in [0.3, 0.4) is 0 Å². The third-order valence-electron chi connectivity index (χ3n) is 3.83. The molecule has 0 heterocycles. The van der Waals surface area contributed by atoms with Crippen LogP contribution in [0.1, 0.15) is 26.2 Å². The Balaban J connectivity index is 4.76. The van der Waals surface area contributed by atoms with Crippen LogP contribution in [-0.4, -0.2) is 82.6 Å². The van der Waals surface area contributed by atoms with Crippen LogP contribution >= 0.6 is 11.8 Å². The molecule has 0 aromatic carbocycles. The van der Waals surface area contributed by atoms with Gasteiger partial charge in [0.25, 0.3) is 0 Å². The number of hydrogen-bond acceptors (Lipinski definition) is 8. The Morgan fingerprint density at radius 3 is 2.03 bits per heavy atom. The fraction of sp³-hybridized carbons (Fsp3) is 0.688. The van der Waals surface area contributed by atoms with Gasteiger partial charge in [0.15, 0.2) is 0 Å². The average Bonchev–Trinajstić information content (AvgIpc) is 2.65. The number of amides is 4. The summed E-state index contributed by atoms with van der Waals surface area (Å²) in [6, 6.07) is -4.72. The van der Waals surface area contributed by atoms with E-state index in [1.807, 2.05) is 6.26 Å². The number of nitrogens with one attached hydrogen (secondary N) is 3. The lowest BCUT2D eigenvalue weighted by Gasteiger charge is -2.22. The minimum atomic E-state index is -1.36. The topological polar surface area (TPSA) is 214 Å². The van der Waals surface area contributed by atoms with E-state index in [1.54, 1.807) is 0 Å². The van der Waals surface area contributed by atoms with Crippen LogP contribution < -0.4 is 27.4 Å². The molecule has 0 bridgehead atoms. The largest absolute Gasteiger partial charge is 0.480 e. The summed E-state index contributed by atoms with van der Waals surface area (Å²) in [4.78, 5) is 58.2. The molecule has 0 radical (unpaired) electrons. The predicted molar refractivity (Wildman–Crippen MR) is 106 cm³/mol. The van der Waals surface area contributed by atoms with Crippen molar-refractivity contribution in [2.75, 3.05) is 18.6 Å². The predicted octanol–water partition coefficient (Wildman–Crippen LogP) is -3.12. The molecule has 0 saturated heterocycles. The maximum Gasteiger partial charge on any atom is 0.326 e. The number of nitrogens with two attached hydrogens (primary N) is 2. The Kier molecular flexibility index (Phi) is 12.6. The average molecular weight is 436 g/mol. The fourth-order valence-corrected chi connectivity index (χ4v) is 2.56. The molecule has 0 saturated carbocycles. The summed E-state index contributed by atoms with van der Waals surface area (Å²) in [5.74, 6) is -3.73. The van der Waals surface area contributed by atoms with Crippen molar-refractivity contribution in [1.29, 1.82) is 0 Å². The lowest BCUT2D eigenvalue weighted by molar-refractivity contribution is -0.142. The van der Waals surface area contributed by atoms with Crippen molar-refractivity contribution in [3.8, 4) is 0 Å². The molecular weight excluding hydrogens is 406 g/mol. The Labute approximate surface area is 172 Å². The van der Waals surface area contributed by atoms with E-state index in [0.717, 1.165) is 0 Å². The highest BCUT2D eigenvalue weighted by molar-refractivity contribution is 7.98. The SMILES string of the molecule is CSCCC(N)C(=O)NC(CO)C(=O)NC(C)C(=O)NC(CCC(N)=O)C(=O)O. The number of carboxylic acids is 1. The normalized spacial score (nSPS) is 14.8. The minimum absolute atomic E-state index is 0.208. The van der Waals surface area contributed by atoms with E-state index in [9.17, 15) is 29.1 Å². The van der Waals surface area contributed by atoms with Crippen LogP contribution in [-0.2, 0) is 24.0 Å². The second-order valence-corrected chi connectivity index (χ2v) is 7.25. The van der Waals surface area contributed by atoms with E-state index in [-0.39, 0.29) is 12.8 Å². The van der Waals surface area contributed by atoms with Crippen molar-refractivity contribution in [1.82, 2.24) is 16.0 Å². The lowest BCUT2D eigenvalue weighted by Crippen LogP contribution is -2.57. The highest BCUT2D eigenvalue weighted by atomic mass is 32.2. The number of hydrogen-bond donors (Lipinski definition) is 7. The van der Waals surface area contributed by atoms with Gasteiger partial charge in [0.1, 0.15) is 18.1 Å². The van der Waals surface area contributed by atoms with Crippen LogP contribution in [0.15, 0.2) is 0 Å². The molecule has 4 unspecified atom stereocenters. The van der Waals surface area contributed by atoms with Crippen molar-refractivity contribution in [2.24, 2.45) is 11.5 Å². The number of thioether (sulfide) groups is 1. The van der Waals surface area contributed by atoms with Gasteiger partial charge in [0.05, 0.1) is 12.6 Å². The summed E-state index contributed by atoms with van der Waals surface area (Å²) < 4.78 is 0. The van der Waals surface area contributed by atoms with E-state index < -0.39 is 60.4 Å². The zero-order valence-electron chi connectivity index (χ0n) is 16.3. The number of rotatable bonds is 14. The summed E-state index contributed by atoms with van der Waals surface area (Å²) in [6.07, 6.45) is 1.78. The third kappa shape index (κ3) is 10.7. The van der Waals surface area contributed by atoms with Crippen LogP contribution in [0.5, 0.6) is 0 Å². The third-order valence-corrected chi connectivity index (χ3v) is 4.48. The van der Waals surface area contributed by atoms with Gasteiger partial charge in [-0.1, -0.05) is 0 Å². The van der Waals surface area contributed by atoms with Gasteiger partial charge in [-0.05, 0) is 31.8 Å². The molecule has 0 aromatic rings. The Hall–Kier alpha value is -2.38. The van der Waals surface area contributed by atoms with Gasteiger partial charge in [0, 0.05) is 6.42 Å². The molecule has 29 heavy (non-hydrogen) atoms. The molecule has 13 heteroatoms. The fourth-order valence-electron chi connectivity index (χ4n) is 2.07. The second-order valence-electron chi connectivity index (χ2n) is 6.27. The molecule has 0 fully saturated rings. The van der Waals surface area contributed by atoms with Crippen molar-refractivity contribution in [3.05, 3.63) is 0 Å². The van der Waals surface area contributed by atoms with E-state index in [0.29, 0.717) is 12.2 Å². The molecule has 0 spiro atoms. The lowest BCUT2D eigenvalue weighted by atomic mass is 10.1. The van der Waals surface area contributed by atoms with Crippen LogP contribution in [0.25, 0.3) is 0 Å². The van der Waals surface area contributed by atoms with Crippen LogP contribution in [0, 0.1) is 0 Å². The summed E-state index contributed by atoms with van der Waals surface area (Å²) in [6.45, 7) is 0.568. The Morgan fingerprint density at radius 2 is 1.55 bits per heavy atom. The van der Waals surface area contributed by atoms with E-state index in [4.69, 9.17) is 16.6 Å². The first-order chi connectivity index (χ1) is 13.5. The van der Waals surface area contributed by atoms with Gasteiger partial charge >= 0.3 is 5.97 Å². The summed E-state index contributed by atoms with van der Waals surface area (Å²) in [5.41, 5.74) is 10.7. The number of aliphatic hydroxyl groups is 1. The first kappa shape index (κ1) is 26.6. The molecule has 9 N–H and O–H groups in total. The molecule has 0 rings (SSSR count). The first-order valence-electron chi connectivity index (χ1n) is 8.81. The number of aliphatic hydroxyl groups excluding tert-OH is 1. The van der Waals surface area contributed by atoms with Gasteiger partial charge in [-0.2, -0.15) is 11.8 Å². The molecule has 4 amide bonds. The monoisotopic (exact) mass is 435 g/mol. The van der Waals surface area contributed by atoms with Crippen LogP contribution in [0.2, 0.25) is 0 Å². The molecular formula is C16H29N5O7S. The van der Waals surface area contributed by atoms with E-state index >= 15 is 0 Å². The molecule has 0 aromatic heterocycles. The number of carboxylic acid groups (broad SMARTS) is 1. The van der Waals surface area contributed by atoms with Gasteiger partial charge in [-0.15, -0.1) is 0 Å². The number of aliphatic carboxylic acids is 1. The molecule has 12 nitrogen and oxygen atoms in total. The van der Waals surface area contributed by atoms with E-state index in [2.05, 4.69) is 16.0 Å². The zero-order valence-corrected chi connectivity index (χ0v) is 17.2. The highest BCUT2D eigenvalue weighted by Crippen LogP contribution is 2.00. The summed E-state index contributed by atoms with van der Waals surface area (Å²) >= 11 is 1.50. The maximum absolute atomic E-state index is 12.2. The van der Waals surface area contributed by atoms with Gasteiger partial charge in [-0.3, -0.25) is 19.2 Å². The molecule has 0 aliphatic rings. The number of carbonyl (C=O) groups is 5. The summed E-state index contributed by atoms with van der Waals surface area (Å²) in [5, 5.41) is 25.2. The van der Waals surface area contributed by atoms with Gasteiger partial charge < -0.3 is 37.6 Å². The number of primary amides is 1. The molecule has 0 aliphatic carbocycles. The van der Waals surface area contributed by atoms with Gasteiger partial charge in [0.2, 0.25) is 23.6 Å². The van der Waals surface area contributed by atoms with Crippen molar-refractivity contribution < 1.29 is 34.2 Å². The van der Waals surface area contributed by atoms with Crippen LogP contribution in [0.4, 0.5) is 0 Å². The molecule has 0 aliphatic heterocycles. The first-order valence-corrected chi connectivity index (χ1v) is 10.2. The minimum Gasteiger partial charge on any atom is -0.480 e. The Morgan fingerprint density at radius 1 is 0.966 bits per heavy atom. The van der Waals surface area contributed by atoms with E-state index in [1.165, 1.54) is 18.7 Å². The second kappa shape index (κ2) is 13.7. The quantitative estimate of drug-likeness (QED) is 0.147. The highest BCUT2D eigenvalue weighted by Gasteiger charge is 2.28. The standard InChI is InChI=1S/C16H29N5O7S/c1-8(13(24)20-10(16(27)28)3-4-12(18)23)19-15(26)11(7-22)21-14(25)9(17)5-6-29-2/h8-11,22H,3-7,17H2,1-2H3,(H2,18,23)(H,19,26)(H,20,24)(H,21,25)(H,27,28). The molecule has 166 valence electrons. The summed E-state index contributed by atoms with van der Waals surface area (Å²) in [7, 11) is 0.